The highest BCUT2D eigenvalue weighted by molar-refractivity contribution is 9.10. The molecule has 0 amide bonds. The molecule has 0 unspecified atom stereocenters. The largest absolute Gasteiger partial charge is 0.479 e. The van der Waals surface area contributed by atoms with Gasteiger partial charge in [-0.15, -0.1) is 0 Å². The number of aliphatic carboxylic acids is 1. The number of benzene rings is 3. The third-order valence-electron chi connectivity index (χ3n) is 5.63. The minimum Gasteiger partial charge on any atom is -0.479 e. The summed E-state index contributed by atoms with van der Waals surface area (Å²) >= 11 is 3.55. The van der Waals surface area contributed by atoms with Crippen LogP contribution in [0.4, 0.5) is 0 Å². The van der Waals surface area contributed by atoms with Crippen LogP contribution in [0.25, 0.3) is 10.9 Å². The fourth-order valence-electron chi connectivity index (χ4n) is 3.67. The minimum atomic E-state index is -0.978. The zero-order chi connectivity index (χ0) is 23.5. The molecular formula is C27H24BrNO4. The van der Waals surface area contributed by atoms with E-state index in [1.165, 1.54) is 6.92 Å². The lowest BCUT2D eigenvalue weighted by Gasteiger charge is -2.10. The van der Waals surface area contributed by atoms with Gasteiger partial charge in [0.1, 0.15) is 0 Å². The number of carbonyl (C=O) groups excluding carboxylic acids is 1. The second kappa shape index (κ2) is 9.73. The maximum Gasteiger partial charge on any atom is 0.332 e. The van der Waals surface area contributed by atoms with E-state index in [0.717, 1.165) is 32.1 Å². The van der Waals surface area contributed by atoms with E-state index in [0.29, 0.717) is 17.7 Å². The number of nitrogens with zero attached hydrogens (tertiary/aromatic N) is 1. The molecule has 33 heavy (non-hydrogen) atoms. The number of fused-ring (bicyclic) bond motifs is 1. The van der Waals surface area contributed by atoms with Crippen LogP contribution in [0.1, 0.15) is 39.5 Å². The topological polar surface area (TPSA) is 68.5 Å². The van der Waals surface area contributed by atoms with Crippen molar-refractivity contribution in [2.24, 2.45) is 0 Å². The molecule has 168 valence electrons. The summed E-state index contributed by atoms with van der Waals surface area (Å²) in [6.45, 7) is 4.35. The van der Waals surface area contributed by atoms with E-state index in [1.807, 2.05) is 79.9 Å². The Morgan fingerprint density at radius 3 is 2.33 bits per heavy atom. The van der Waals surface area contributed by atoms with Crippen LogP contribution in [0.3, 0.4) is 0 Å². The van der Waals surface area contributed by atoms with Gasteiger partial charge in [0.25, 0.3) is 0 Å². The predicted octanol–water partition coefficient (Wildman–Crippen LogP) is 5.98. The van der Waals surface area contributed by atoms with Crippen molar-refractivity contribution in [1.29, 1.82) is 0 Å². The van der Waals surface area contributed by atoms with Crippen LogP contribution >= 0.6 is 15.9 Å². The van der Waals surface area contributed by atoms with E-state index in [2.05, 4.69) is 20.5 Å². The average molecular weight is 506 g/mol. The van der Waals surface area contributed by atoms with Gasteiger partial charge in [0.05, 0.1) is 12.1 Å². The molecule has 0 aliphatic heterocycles. The van der Waals surface area contributed by atoms with E-state index in [-0.39, 0.29) is 12.4 Å². The van der Waals surface area contributed by atoms with Crippen molar-refractivity contribution >= 4 is 38.6 Å². The second-order valence-electron chi connectivity index (χ2n) is 8.14. The molecule has 1 N–H and O–H groups in total. The van der Waals surface area contributed by atoms with Gasteiger partial charge >= 0.3 is 5.97 Å². The first-order chi connectivity index (χ1) is 15.8. The third kappa shape index (κ3) is 5.24. The van der Waals surface area contributed by atoms with E-state index in [4.69, 9.17) is 9.84 Å². The number of hydrogen-bond acceptors (Lipinski definition) is 3. The molecule has 0 spiro atoms. The highest BCUT2D eigenvalue weighted by atomic mass is 79.9. The zero-order valence-electron chi connectivity index (χ0n) is 18.4. The lowest BCUT2D eigenvalue weighted by molar-refractivity contribution is -0.149. The molecule has 0 aliphatic carbocycles. The molecule has 1 atom stereocenters. The van der Waals surface area contributed by atoms with Gasteiger partial charge in [-0.1, -0.05) is 76.1 Å². The number of hydrogen-bond donors (Lipinski definition) is 1. The molecule has 0 bridgehead atoms. The van der Waals surface area contributed by atoms with E-state index in [9.17, 15) is 9.59 Å². The summed E-state index contributed by atoms with van der Waals surface area (Å²) in [4.78, 5) is 24.2. The number of carboxylic acid groups (broad SMARTS) is 1. The molecule has 5 nitrogen and oxygen atoms in total. The molecule has 1 heterocycles. The molecule has 4 rings (SSSR count). The molecule has 6 heteroatoms. The van der Waals surface area contributed by atoms with Gasteiger partial charge in [-0.3, -0.25) is 4.79 Å². The monoisotopic (exact) mass is 505 g/mol. The molecule has 3 aromatic carbocycles. The summed E-state index contributed by atoms with van der Waals surface area (Å²) < 4.78 is 8.38. The van der Waals surface area contributed by atoms with E-state index in [1.54, 1.807) is 0 Å². The quantitative estimate of drug-likeness (QED) is 0.299. The van der Waals surface area contributed by atoms with Crippen LogP contribution in [-0.2, 0) is 22.7 Å². The first kappa shape index (κ1) is 23.0. The fraction of sp³-hybridized carbons (Fsp3) is 0.185. The highest BCUT2D eigenvalue weighted by Crippen LogP contribution is 2.28. The first-order valence-corrected chi connectivity index (χ1v) is 11.4. The average Bonchev–Trinajstić information content (AvgIpc) is 3.15. The number of aryl methyl sites for hydroxylation is 1. The summed E-state index contributed by atoms with van der Waals surface area (Å²) in [5.41, 5.74) is 5.40. The van der Waals surface area contributed by atoms with Crippen LogP contribution in [0, 0.1) is 6.92 Å². The van der Waals surface area contributed by atoms with Crippen molar-refractivity contribution in [1.82, 2.24) is 4.57 Å². The minimum absolute atomic E-state index is 0.00104. The van der Waals surface area contributed by atoms with Crippen LogP contribution in [0.2, 0.25) is 0 Å². The van der Waals surface area contributed by atoms with Gasteiger partial charge in [-0.2, -0.15) is 0 Å². The van der Waals surface area contributed by atoms with Gasteiger partial charge in [-0.05, 0) is 37.1 Å². The lowest BCUT2D eigenvalue weighted by atomic mass is 10.0. The third-order valence-corrected chi connectivity index (χ3v) is 6.12. The maximum atomic E-state index is 13.3. The molecule has 4 aromatic rings. The standard InChI is InChI=1S/C27H24BrNO4/c1-17-3-9-21(10-4-17)26(30)24-15-29(25-13-22(28)11-12-23(24)25)14-19-5-7-20(8-6-19)16-33-18(2)27(31)32/h3-13,15,18H,14,16H2,1-2H3,(H,31,32)/t18-/m1/s1. The van der Waals surface area contributed by atoms with E-state index >= 15 is 0 Å². The van der Waals surface area contributed by atoms with Gasteiger partial charge in [-0.25, -0.2) is 4.79 Å². The van der Waals surface area contributed by atoms with Crippen molar-refractivity contribution < 1.29 is 19.4 Å². The van der Waals surface area contributed by atoms with Crippen LogP contribution in [0.15, 0.2) is 77.4 Å². The van der Waals surface area contributed by atoms with E-state index < -0.39 is 12.1 Å². The normalized spacial score (nSPS) is 12.1. The second-order valence-corrected chi connectivity index (χ2v) is 9.05. The van der Waals surface area contributed by atoms with Gasteiger partial charge in [0.15, 0.2) is 11.9 Å². The smallest absolute Gasteiger partial charge is 0.332 e. The number of ketones is 1. The molecule has 1 aromatic heterocycles. The number of rotatable bonds is 8. The Morgan fingerprint density at radius 2 is 1.67 bits per heavy atom. The van der Waals surface area contributed by atoms with Crippen molar-refractivity contribution in [2.45, 2.75) is 33.1 Å². The zero-order valence-corrected chi connectivity index (χ0v) is 20.0. The maximum absolute atomic E-state index is 13.3. The predicted molar refractivity (Wildman–Crippen MR) is 132 cm³/mol. The Bertz CT molecular complexity index is 1310. The lowest BCUT2D eigenvalue weighted by Crippen LogP contribution is -2.19. The molecule has 0 aliphatic rings. The molecule has 0 fully saturated rings. The number of aromatic nitrogens is 1. The SMILES string of the molecule is Cc1ccc(C(=O)c2cn(Cc3ccc(CO[C@H](C)C(=O)O)cc3)c3cc(Br)ccc23)cc1. The first-order valence-electron chi connectivity index (χ1n) is 10.6. The summed E-state index contributed by atoms with van der Waals surface area (Å²) in [5.74, 6) is -0.977. The van der Waals surface area contributed by atoms with Crippen molar-refractivity contribution in [2.75, 3.05) is 0 Å². The summed E-state index contributed by atoms with van der Waals surface area (Å²) in [5, 5.41) is 9.86. The molecular weight excluding hydrogens is 482 g/mol. The summed E-state index contributed by atoms with van der Waals surface area (Å²) in [7, 11) is 0. The Balaban J connectivity index is 1.60. The van der Waals surface area contributed by atoms with Gasteiger partial charge in [0.2, 0.25) is 0 Å². The number of halogens is 1. The van der Waals surface area contributed by atoms with Crippen molar-refractivity contribution in [3.8, 4) is 0 Å². The molecule has 0 saturated carbocycles. The fourth-order valence-corrected chi connectivity index (χ4v) is 4.02. The van der Waals surface area contributed by atoms with Gasteiger partial charge < -0.3 is 14.4 Å². The highest BCUT2D eigenvalue weighted by Gasteiger charge is 2.17. The van der Waals surface area contributed by atoms with Crippen LogP contribution in [0.5, 0.6) is 0 Å². The number of ether oxygens (including phenoxy) is 1. The van der Waals surface area contributed by atoms with Crippen molar-refractivity contribution in [3.63, 3.8) is 0 Å². The van der Waals surface area contributed by atoms with Gasteiger partial charge in [0, 0.05) is 33.7 Å². The Labute approximate surface area is 200 Å². The molecule has 0 radical (unpaired) electrons. The Kier molecular flexibility index (Phi) is 6.77. The number of carboxylic acids is 1. The Morgan fingerprint density at radius 1 is 1.00 bits per heavy atom. The number of carbonyl (C=O) groups is 2. The van der Waals surface area contributed by atoms with Crippen molar-refractivity contribution in [3.05, 3.63) is 105 Å². The Hall–Kier alpha value is -3.22. The molecule has 0 saturated heterocycles. The summed E-state index contributed by atoms with van der Waals surface area (Å²) in [6.07, 6.45) is 1.07. The van der Waals surface area contributed by atoms with Crippen LogP contribution < -0.4 is 0 Å². The summed E-state index contributed by atoms with van der Waals surface area (Å²) in [6, 6.07) is 21.4. The van der Waals surface area contributed by atoms with Crippen LogP contribution in [-0.4, -0.2) is 27.5 Å².